The zero-order chi connectivity index (χ0) is 17.1. The SMILES string of the molecule is O=C(c1cc(N2CCOCC2)ccn1)N1CCC(c2ccsc2)CC1. The molecular formula is C19H23N3O2S. The smallest absolute Gasteiger partial charge is 0.272 e. The number of rotatable bonds is 3. The fourth-order valence-corrected chi connectivity index (χ4v) is 4.38. The van der Waals surface area contributed by atoms with Gasteiger partial charge in [0.2, 0.25) is 0 Å². The summed E-state index contributed by atoms with van der Waals surface area (Å²) < 4.78 is 5.40. The number of hydrogen-bond acceptors (Lipinski definition) is 5. The molecule has 0 atom stereocenters. The monoisotopic (exact) mass is 357 g/mol. The number of aromatic nitrogens is 1. The topological polar surface area (TPSA) is 45.7 Å². The van der Waals surface area contributed by atoms with E-state index in [1.807, 2.05) is 17.0 Å². The minimum atomic E-state index is 0.0545. The summed E-state index contributed by atoms with van der Waals surface area (Å²) in [7, 11) is 0. The van der Waals surface area contributed by atoms with Crippen LogP contribution in [0, 0.1) is 0 Å². The second-order valence-electron chi connectivity index (χ2n) is 6.62. The minimum absolute atomic E-state index is 0.0545. The van der Waals surface area contributed by atoms with Gasteiger partial charge in [0.25, 0.3) is 5.91 Å². The van der Waals surface area contributed by atoms with Crippen molar-refractivity contribution in [1.29, 1.82) is 0 Å². The van der Waals surface area contributed by atoms with Gasteiger partial charge in [0.05, 0.1) is 13.2 Å². The number of hydrogen-bond donors (Lipinski definition) is 0. The number of carbonyl (C=O) groups is 1. The van der Waals surface area contributed by atoms with Gasteiger partial charge in [-0.25, -0.2) is 0 Å². The number of pyridine rings is 1. The highest BCUT2D eigenvalue weighted by molar-refractivity contribution is 7.07. The summed E-state index contributed by atoms with van der Waals surface area (Å²) in [6, 6.07) is 6.11. The van der Waals surface area contributed by atoms with Crippen molar-refractivity contribution in [3.63, 3.8) is 0 Å². The number of nitrogens with zero attached hydrogens (tertiary/aromatic N) is 3. The van der Waals surface area contributed by atoms with E-state index in [0.29, 0.717) is 11.6 Å². The zero-order valence-corrected chi connectivity index (χ0v) is 15.1. The predicted molar refractivity (Wildman–Crippen MR) is 99.5 cm³/mol. The Hall–Kier alpha value is -1.92. The predicted octanol–water partition coefficient (Wildman–Crippen LogP) is 3.00. The van der Waals surface area contributed by atoms with Crippen molar-refractivity contribution < 1.29 is 9.53 Å². The Balaban J connectivity index is 1.41. The van der Waals surface area contributed by atoms with Crippen molar-refractivity contribution in [2.75, 3.05) is 44.3 Å². The fourth-order valence-electron chi connectivity index (χ4n) is 3.64. The molecule has 2 aromatic heterocycles. The van der Waals surface area contributed by atoms with Gasteiger partial charge in [-0.3, -0.25) is 9.78 Å². The van der Waals surface area contributed by atoms with E-state index in [9.17, 15) is 4.79 Å². The summed E-state index contributed by atoms with van der Waals surface area (Å²) in [5.41, 5.74) is 3.04. The lowest BCUT2D eigenvalue weighted by Gasteiger charge is -2.32. The van der Waals surface area contributed by atoms with Crippen molar-refractivity contribution >= 4 is 22.9 Å². The molecule has 2 aliphatic rings. The van der Waals surface area contributed by atoms with Gasteiger partial charge in [0.1, 0.15) is 5.69 Å². The Morgan fingerprint density at radius 1 is 1.16 bits per heavy atom. The average Bonchev–Trinajstić information content (AvgIpc) is 3.23. The number of anilines is 1. The lowest BCUT2D eigenvalue weighted by molar-refractivity contribution is 0.0707. The molecule has 4 rings (SSSR count). The van der Waals surface area contributed by atoms with E-state index in [4.69, 9.17) is 4.74 Å². The molecule has 0 N–H and O–H groups in total. The molecule has 5 nitrogen and oxygen atoms in total. The minimum Gasteiger partial charge on any atom is -0.378 e. The molecule has 2 aromatic rings. The number of morpholine rings is 1. The average molecular weight is 357 g/mol. The van der Waals surface area contributed by atoms with E-state index < -0.39 is 0 Å². The van der Waals surface area contributed by atoms with Crippen molar-refractivity contribution in [1.82, 2.24) is 9.88 Å². The lowest BCUT2D eigenvalue weighted by atomic mass is 9.91. The molecule has 6 heteroatoms. The van der Waals surface area contributed by atoms with Crippen molar-refractivity contribution in [3.8, 4) is 0 Å². The van der Waals surface area contributed by atoms with Crippen LogP contribution in [-0.2, 0) is 4.74 Å². The van der Waals surface area contributed by atoms with E-state index in [1.165, 1.54) is 5.56 Å². The van der Waals surface area contributed by atoms with E-state index in [1.54, 1.807) is 17.5 Å². The van der Waals surface area contributed by atoms with Crippen LogP contribution < -0.4 is 4.90 Å². The summed E-state index contributed by atoms with van der Waals surface area (Å²) >= 11 is 1.75. The molecule has 132 valence electrons. The Labute approximate surface area is 152 Å². The molecule has 2 aliphatic heterocycles. The molecular weight excluding hydrogens is 334 g/mol. The van der Waals surface area contributed by atoms with Crippen LogP contribution in [0.25, 0.3) is 0 Å². The highest BCUT2D eigenvalue weighted by Gasteiger charge is 2.26. The van der Waals surface area contributed by atoms with Crippen LogP contribution in [-0.4, -0.2) is 55.2 Å². The number of thiophene rings is 1. The number of piperidine rings is 1. The first-order valence-electron chi connectivity index (χ1n) is 8.91. The number of likely N-dealkylation sites (tertiary alicyclic amines) is 1. The maximum atomic E-state index is 12.9. The molecule has 0 aliphatic carbocycles. The molecule has 1 amide bonds. The van der Waals surface area contributed by atoms with Gasteiger partial charge < -0.3 is 14.5 Å². The van der Waals surface area contributed by atoms with Crippen LogP contribution in [0.1, 0.15) is 34.8 Å². The summed E-state index contributed by atoms with van der Waals surface area (Å²) in [5, 5.41) is 4.36. The van der Waals surface area contributed by atoms with Gasteiger partial charge in [-0.15, -0.1) is 0 Å². The highest BCUT2D eigenvalue weighted by atomic mass is 32.1. The third-order valence-electron chi connectivity index (χ3n) is 5.14. The second-order valence-corrected chi connectivity index (χ2v) is 7.40. The Bertz CT molecular complexity index is 705. The largest absolute Gasteiger partial charge is 0.378 e. The third-order valence-corrected chi connectivity index (χ3v) is 5.84. The van der Waals surface area contributed by atoms with Crippen LogP contribution in [0.5, 0.6) is 0 Å². The van der Waals surface area contributed by atoms with E-state index in [2.05, 4.69) is 26.7 Å². The second kappa shape index (κ2) is 7.54. The molecule has 0 radical (unpaired) electrons. The van der Waals surface area contributed by atoms with Gasteiger partial charge in [-0.05, 0) is 53.3 Å². The molecule has 2 fully saturated rings. The van der Waals surface area contributed by atoms with Crippen LogP contribution in [0.15, 0.2) is 35.2 Å². The van der Waals surface area contributed by atoms with Crippen molar-refractivity contribution in [2.45, 2.75) is 18.8 Å². The van der Waals surface area contributed by atoms with Crippen LogP contribution in [0.3, 0.4) is 0 Å². The standard InChI is InChI=1S/C19H23N3O2S/c23-19(22-6-2-15(3-7-22)16-4-12-25-14-16)18-13-17(1-5-20-18)21-8-10-24-11-9-21/h1,4-5,12-15H,2-3,6-11H2. The summed E-state index contributed by atoms with van der Waals surface area (Å²) in [5.74, 6) is 0.641. The van der Waals surface area contributed by atoms with Crippen molar-refractivity contribution in [3.05, 3.63) is 46.4 Å². The number of carbonyl (C=O) groups excluding carboxylic acids is 1. The van der Waals surface area contributed by atoms with Gasteiger partial charge in [0, 0.05) is 38.1 Å². The van der Waals surface area contributed by atoms with Crippen LogP contribution in [0.4, 0.5) is 5.69 Å². The first-order chi connectivity index (χ1) is 12.3. The number of ether oxygens (including phenoxy) is 1. The highest BCUT2D eigenvalue weighted by Crippen LogP contribution is 2.30. The van der Waals surface area contributed by atoms with Gasteiger partial charge in [-0.2, -0.15) is 11.3 Å². The molecule has 25 heavy (non-hydrogen) atoms. The molecule has 0 bridgehead atoms. The first kappa shape index (κ1) is 16.5. The van der Waals surface area contributed by atoms with Crippen LogP contribution >= 0.6 is 11.3 Å². The summed E-state index contributed by atoms with van der Waals surface area (Å²) in [4.78, 5) is 21.4. The molecule has 0 unspecified atom stereocenters. The van der Waals surface area contributed by atoms with Gasteiger partial charge in [-0.1, -0.05) is 0 Å². The molecule has 0 aromatic carbocycles. The third kappa shape index (κ3) is 3.70. The fraction of sp³-hybridized carbons (Fsp3) is 0.474. The zero-order valence-electron chi connectivity index (χ0n) is 14.3. The van der Waals surface area contributed by atoms with Crippen LogP contribution in [0.2, 0.25) is 0 Å². The molecule has 0 spiro atoms. The normalized spacial score (nSPS) is 19.2. The van der Waals surface area contributed by atoms with Crippen molar-refractivity contribution in [2.24, 2.45) is 0 Å². The van der Waals surface area contributed by atoms with E-state index >= 15 is 0 Å². The maximum Gasteiger partial charge on any atom is 0.272 e. The Kier molecular flexibility index (Phi) is 4.99. The lowest BCUT2D eigenvalue weighted by Crippen LogP contribution is -2.39. The van der Waals surface area contributed by atoms with E-state index in [0.717, 1.165) is 57.9 Å². The molecule has 0 saturated carbocycles. The van der Waals surface area contributed by atoms with Gasteiger partial charge >= 0.3 is 0 Å². The summed E-state index contributed by atoms with van der Waals surface area (Å²) in [6.45, 7) is 4.82. The van der Waals surface area contributed by atoms with E-state index in [-0.39, 0.29) is 5.91 Å². The first-order valence-corrected chi connectivity index (χ1v) is 9.85. The summed E-state index contributed by atoms with van der Waals surface area (Å²) in [6.07, 6.45) is 3.81. The van der Waals surface area contributed by atoms with Gasteiger partial charge in [0.15, 0.2) is 0 Å². The Morgan fingerprint density at radius 3 is 2.68 bits per heavy atom. The Morgan fingerprint density at radius 2 is 1.96 bits per heavy atom. The molecule has 2 saturated heterocycles. The molecule has 4 heterocycles. The maximum absolute atomic E-state index is 12.9. The quantitative estimate of drug-likeness (QED) is 0.847. The number of amides is 1.